The van der Waals surface area contributed by atoms with Crippen molar-refractivity contribution < 1.29 is 9.90 Å². The molecule has 0 saturated heterocycles. The lowest BCUT2D eigenvalue weighted by Gasteiger charge is -2.17. The van der Waals surface area contributed by atoms with Crippen LogP contribution in [-0.4, -0.2) is 21.0 Å². The Morgan fingerprint density at radius 1 is 1.33 bits per heavy atom. The van der Waals surface area contributed by atoms with Crippen LogP contribution in [0.4, 0.5) is 0 Å². The molecule has 0 fully saturated rings. The largest absolute Gasteiger partial charge is 0.481 e. The van der Waals surface area contributed by atoms with Gasteiger partial charge in [-0.2, -0.15) is 0 Å². The van der Waals surface area contributed by atoms with Crippen molar-refractivity contribution in [3.63, 3.8) is 0 Å². The van der Waals surface area contributed by atoms with E-state index in [9.17, 15) is 4.79 Å². The summed E-state index contributed by atoms with van der Waals surface area (Å²) in [6.45, 7) is 3.55. The number of carboxylic acids is 1. The van der Waals surface area contributed by atoms with Gasteiger partial charge in [-0.1, -0.05) is 37.0 Å². The monoisotopic (exact) mass is 248 g/mol. The topological polar surface area (TPSA) is 63.1 Å². The maximum atomic E-state index is 11.1. The highest BCUT2D eigenvalue weighted by Gasteiger charge is 2.29. The SMILES string of the molecule is CC(C)C(C(=O)O)c1c(Cl)ncnc1Cl. The van der Waals surface area contributed by atoms with Crippen LogP contribution >= 0.6 is 23.2 Å². The van der Waals surface area contributed by atoms with E-state index >= 15 is 0 Å². The van der Waals surface area contributed by atoms with Gasteiger partial charge in [-0.15, -0.1) is 0 Å². The molecule has 1 atom stereocenters. The highest BCUT2D eigenvalue weighted by atomic mass is 35.5. The molecule has 0 amide bonds. The number of hydrogen-bond donors (Lipinski definition) is 1. The number of aromatic nitrogens is 2. The highest BCUT2D eigenvalue weighted by Crippen LogP contribution is 2.33. The van der Waals surface area contributed by atoms with Gasteiger partial charge >= 0.3 is 5.97 Å². The Labute approximate surface area is 97.3 Å². The predicted molar refractivity (Wildman–Crippen MR) is 57.3 cm³/mol. The summed E-state index contributed by atoms with van der Waals surface area (Å²) in [7, 11) is 0. The first-order chi connectivity index (χ1) is 6.95. The second kappa shape index (κ2) is 4.77. The van der Waals surface area contributed by atoms with Gasteiger partial charge in [0.15, 0.2) is 0 Å². The van der Waals surface area contributed by atoms with E-state index in [1.54, 1.807) is 13.8 Å². The Hall–Kier alpha value is -0.870. The normalized spacial score (nSPS) is 12.9. The molecule has 4 nitrogen and oxygen atoms in total. The van der Waals surface area contributed by atoms with Gasteiger partial charge in [-0.05, 0) is 5.92 Å². The van der Waals surface area contributed by atoms with Crippen molar-refractivity contribution in [2.24, 2.45) is 5.92 Å². The molecule has 0 saturated carbocycles. The maximum absolute atomic E-state index is 11.1. The van der Waals surface area contributed by atoms with E-state index < -0.39 is 11.9 Å². The van der Waals surface area contributed by atoms with Crippen LogP contribution in [0.25, 0.3) is 0 Å². The van der Waals surface area contributed by atoms with Crippen LogP contribution in [0, 0.1) is 5.92 Å². The second-order valence-corrected chi connectivity index (χ2v) is 4.14. The Morgan fingerprint density at radius 2 is 1.80 bits per heavy atom. The third kappa shape index (κ3) is 2.58. The quantitative estimate of drug-likeness (QED) is 0.836. The van der Waals surface area contributed by atoms with E-state index in [1.165, 1.54) is 6.33 Å². The highest BCUT2D eigenvalue weighted by molar-refractivity contribution is 6.34. The fourth-order valence-corrected chi connectivity index (χ4v) is 1.90. The molecule has 1 unspecified atom stereocenters. The fraction of sp³-hybridized carbons (Fsp3) is 0.444. The molecule has 82 valence electrons. The van der Waals surface area contributed by atoms with Gasteiger partial charge in [0.2, 0.25) is 0 Å². The minimum atomic E-state index is -0.983. The first-order valence-electron chi connectivity index (χ1n) is 4.33. The minimum Gasteiger partial charge on any atom is -0.481 e. The van der Waals surface area contributed by atoms with Crippen LogP contribution in [0.1, 0.15) is 25.3 Å². The summed E-state index contributed by atoms with van der Waals surface area (Å²) < 4.78 is 0. The lowest BCUT2D eigenvalue weighted by atomic mass is 9.90. The number of halogens is 2. The Kier molecular flexibility index (Phi) is 3.88. The number of carboxylic acid groups (broad SMARTS) is 1. The number of hydrogen-bond acceptors (Lipinski definition) is 3. The molecule has 0 spiro atoms. The first-order valence-corrected chi connectivity index (χ1v) is 5.09. The van der Waals surface area contributed by atoms with Crippen LogP contribution in [0.3, 0.4) is 0 Å². The van der Waals surface area contributed by atoms with Crippen LogP contribution in [-0.2, 0) is 4.79 Å². The summed E-state index contributed by atoms with van der Waals surface area (Å²) in [5, 5.41) is 9.26. The van der Waals surface area contributed by atoms with Gasteiger partial charge in [-0.25, -0.2) is 9.97 Å². The molecule has 0 radical (unpaired) electrons. The van der Waals surface area contributed by atoms with Crippen molar-refractivity contribution in [2.45, 2.75) is 19.8 Å². The van der Waals surface area contributed by atoms with Crippen molar-refractivity contribution in [1.82, 2.24) is 9.97 Å². The average Bonchev–Trinajstić information content (AvgIpc) is 2.09. The number of aliphatic carboxylic acids is 1. The lowest BCUT2D eigenvalue weighted by Crippen LogP contribution is -2.19. The van der Waals surface area contributed by atoms with Crippen molar-refractivity contribution in [1.29, 1.82) is 0 Å². The molecular weight excluding hydrogens is 239 g/mol. The standard InChI is InChI=1S/C9H10Cl2N2O2/c1-4(2)5(9(14)15)6-7(10)12-3-13-8(6)11/h3-5H,1-2H3,(H,14,15). The number of rotatable bonds is 3. The maximum Gasteiger partial charge on any atom is 0.311 e. The molecule has 0 aliphatic rings. The molecule has 0 bridgehead atoms. The summed E-state index contributed by atoms with van der Waals surface area (Å²) in [6, 6.07) is 0. The molecule has 0 aliphatic heterocycles. The van der Waals surface area contributed by atoms with Gasteiger partial charge < -0.3 is 5.11 Å². The van der Waals surface area contributed by atoms with Gasteiger partial charge in [0.25, 0.3) is 0 Å². The van der Waals surface area contributed by atoms with Crippen molar-refractivity contribution >= 4 is 29.2 Å². The van der Waals surface area contributed by atoms with E-state index in [1.807, 2.05) is 0 Å². The Morgan fingerprint density at radius 3 is 2.13 bits per heavy atom. The van der Waals surface area contributed by atoms with Crippen LogP contribution in [0.2, 0.25) is 10.3 Å². The molecule has 0 aromatic carbocycles. The van der Waals surface area contributed by atoms with E-state index in [0.717, 1.165) is 0 Å². The zero-order chi connectivity index (χ0) is 11.6. The first kappa shape index (κ1) is 12.2. The fourth-order valence-electron chi connectivity index (χ4n) is 1.35. The summed E-state index contributed by atoms with van der Waals surface area (Å²) >= 11 is 11.6. The number of carbonyl (C=O) groups is 1. The molecule has 0 aliphatic carbocycles. The average molecular weight is 249 g/mol. The van der Waals surface area contributed by atoms with Gasteiger partial charge in [0, 0.05) is 5.56 Å². The van der Waals surface area contributed by atoms with E-state index in [0.29, 0.717) is 0 Å². The summed E-state index contributed by atoms with van der Waals surface area (Å²) in [4.78, 5) is 18.5. The van der Waals surface area contributed by atoms with Crippen LogP contribution in [0.15, 0.2) is 6.33 Å². The molecule has 15 heavy (non-hydrogen) atoms. The summed E-state index contributed by atoms with van der Waals surface area (Å²) in [5.74, 6) is -1.90. The van der Waals surface area contributed by atoms with E-state index in [2.05, 4.69) is 9.97 Å². The molecule has 1 heterocycles. The van der Waals surface area contributed by atoms with Crippen molar-refractivity contribution in [3.8, 4) is 0 Å². The number of nitrogens with zero attached hydrogens (tertiary/aromatic N) is 2. The predicted octanol–water partition coefficient (Wildman–Crippen LogP) is 2.61. The smallest absolute Gasteiger partial charge is 0.311 e. The summed E-state index contributed by atoms with van der Waals surface area (Å²) in [6.07, 6.45) is 1.20. The summed E-state index contributed by atoms with van der Waals surface area (Å²) in [5.41, 5.74) is 0.281. The van der Waals surface area contributed by atoms with Crippen molar-refractivity contribution in [3.05, 3.63) is 22.2 Å². The molecule has 6 heteroatoms. The van der Waals surface area contributed by atoms with Gasteiger partial charge in [0.05, 0.1) is 5.92 Å². The van der Waals surface area contributed by atoms with Gasteiger partial charge in [-0.3, -0.25) is 4.79 Å². The Bertz CT molecular complexity index is 362. The molecular formula is C9H10Cl2N2O2. The third-order valence-electron chi connectivity index (χ3n) is 2.03. The van der Waals surface area contributed by atoms with E-state index in [4.69, 9.17) is 28.3 Å². The van der Waals surface area contributed by atoms with E-state index in [-0.39, 0.29) is 21.8 Å². The third-order valence-corrected chi connectivity index (χ3v) is 2.63. The lowest BCUT2D eigenvalue weighted by molar-refractivity contribution is -0.139. The minimum absolute atomic E-state index is 0.0936. The zero-order valence-electron chi connectivity index (χ0n) is 8.24. The molecule has 1 aromatic rings. The molecule has 1 N–H and O–H groups in total. The molecule has 1 rings (SSSR count). The Balaban J connectivity index is 3.28. The van der Waals surface area contributed by atoms with Crippen LogP contribution in [0.5, 0.6) is 0 Å². The van der Waals surface area contributed by atoms with Crippen molar-refractivity contribution in [2.75, 3.05) is 0 Å². The van der Waals surface area contributed by atoms with Crippen LogP contribution < -0.4 is 0 Å². The second-order valence-electron chi connectivity index (χ2n) is 3.43. The molecule has 1 aromatic heterocycles. The zero-order valence-corrected chi connectivity index (χ0v) is 9.75. The van der Waals surface area contributed by atoms with Gasteiger partial charge in [0.1, 0.15) is 16.6 Å².